The molecule has 2 aromatic carbocycles. The maximum absolute atomic E-state index is 13.0. The first-order valence-corrected chi connectivity index (χ1v) is 8.91. The number of carbonyl (C=O) groups is 2. The predicted octanol–water partition coefficient (Wildman–Crippen LogP) is 4.04. The quantitative estimate of drug-likeness (QED) is 0.842. The van der Waals surface area contributed by atoms with E-state index in [-0.39, 0.29) is 11.7 Å². The van der Waals surface area contributed by atoms with Gasteiger partial charge in [-0.15, -0.1) is 11.8 Å². The summed E-state index contributed by atoms with van der Waals surface area (Å²) in [5.41, 5.74) is 1.94. The molecule has 0 radical (unpaired) electrons. The van der Waals surface area contributed by atoms with E-state index in [2.05, 4.69) is 0 Å². The number of ketones is 1. The number of ether oxygens (including phenoxy) is 1. The van der Waals surface area contributed by atoms with Gasteiger partial charge in [0, 0.05) is 29.7 Å². The number of hydrogen-bond donors (Lipinski definition) is 0. The van der Waals surface area contributed by atoms with Crippen molar-refractivity contribution in [2.24, 2.45) is 0 Å². The lowest BCUT2D eigenvalue weighted by Crippen LogP contribution is -2.28. The van der Waals surface area contributed by atoms with E-state index in [0.717, 1.165) is 10.6 Å². The van der Waals surface area contributed by atoms with E-state index >= 15 is 0 Å². The van der Waals surface area contributed by atoms with Gasteiger partial charge in [0.15, 0.2) is 5.78 Å². The second-order valence-corrected chi connectivity index (χ2v) is 6.57. The van der Waals surface area contributed by atoms with Crippen molar-refractivity contribution in [1.82, 2.24) is 0 Å². The lowest BCUT2D eigenvalue weighted by atomic mass is 10.0. The molecule has 1 amide bonds. The lowest BCUT2D eigenvalue weighted by Gasteiger charge is -2.23. The fourth-order valence-corrected chi connectivity index (χ4v) is 3.90. The molecule has 5 heteroatoms. The molecular weight excluding hydrogens is 322 g/mol. The van der Waals surface area contributed by atoms with Gasteiger partial charge in [-0.25, -0.2) is 0 Å². The fraction of sp³-hybridized carbons (Fsp3) is 0.263. The Morgan fingerprint density at radius 1 is 1.21 bits per heavy atom. The summed E-state index contributed by atoms with van der Waals surface area (Å²) in [4.78, 5) is 27.5. The molecule has 4 nitrogen and oxygen atoms in total. The zero-order chi connectivity index (χ0) is 17.1. The van der Waals surface area contributed by atoms with E-state index in [4.69, 9.17) is 4.74 Å². The fourth-order valence-electron chi connectivity index (χ4n) is 2.76. The molecule has 0 atom stereocenters. The number of para-hydroxylation sites is 2. The third kappa shape index (κ3) is 3.04. The van der Waals surface area contributed by atoms with Gasteiger partial charge in [-0.05, 0) is 25.1 Å². The van der Waals surface area contributed by atoms with Crippen LogP contribution in [-0.2, 0) is 0 Å². The molecule has 0 unspecified atom stereocenters. The summed E-state index contributed by atoms with van der Waals surface area (Å²) in [6, 6.07) is 12.8. The number of thioether (sulfide) groups is 1. The van der Waals surface area contributed by atoms with Gasteiger partial charge >= 0.3 is 0 Å². The van der Waals surface area contributed by atoms with Gasteiger partial charge in [0.05, 0.1) is 17.9 Å². The van der Waals surface area contributed by atoms with Crippen LogP contribution in [-0.4, -0.2) is 31.1 Å². The van der Waals surface area contributed by atoms with Gasteiger partial charge in [-0.3, -0.25) is 9.59 Å². The zero-order valence-corrected chi connectivity index (χ0v) is 14.6. The smallest absolute Gasteiger partial charge is 0.259 e. The van der Waals surface area contributed by atoms with Crippen LogP contribution in [0.3, 0.4) is 0 Å². The third-order valence-corrected chi connectivity index (χ3v) is 5.09. The Bertz CT molecular complexity index is 788. The summed E-state index contributed by atoms with van der Waals surface area (Å²) in [6.45, 7) is 2.44. The van der Waals surface area contributed by atoms with Crippen LogP contribution in [0, 0.1) is 0 Å². The van der Waals surface area contributed by atoms with Crippen molar-refractivity contribution < 1.29 is 14.3 Å². The standard InChI is InChI=1S/C19H19NO3S/c1-3-23-17-10-5-4-9-15(17)20(2)19(22)14-8-6-7-13-16(21)11-12-24-18(13)14/h4-10H,3,11-12H2,1-2H3. The van der Waals surface area contributed by atoms with E-state index in [1.807, 2.05) is 31.2 Å². The Kier molecular flexibility index (Phi) is 4.90. The number of anilines is 1. The molecule has 124 valence electrons. The first kappa shape index (κ1) is 16.6. The number of rotatable bonds is 4. The highest BCUT2D eigenvalue weighted by molar-refractivity contribution is 7.99. The SMILES string of the molecule is CCOc1ccccc1N(C)C(=O)c1cccc2c1SCCC2=O. The first-order chi connectivity index (χ1) is 11.6. The molecule has 0 saturated heterocycles. The third-order valence-electron chi connectivity index (χ3n) is 3.95. The second kappa shape index (κ2) is 7.09. The van der Waals surface area contributed by atoms with E-state index in [0.29, 0.717) is 35.6 Å². The Morgan fingerprint density at radius 2 is 2.00 bits per heavy atom. The number of fused-ring (bicyclic) bond motifs is 1. The average molecular weight is 341 g/mol. The normalized spacial score (nSPS) is 13.3. The topological polar surface area (TPSA) is 46.6 Å². The predicted molar refractivity (Wildman–Crippen MR) is 96.5 cm³/mol. The summed E-state index contributed by atoms with van der Waals surface area (Å²) >= 11 is 1.57. The van der Waals surface area contributed by atoms with Gasteiger partial charge in [-0.1, -0.05) is 24.3 Å². The maximum Gasteiger partial charge on any atom is 0.259 e. The monoisotopic (exact) mass is 341 g/mol. The van der Waals surface area contributed by atoms with Gasteiger partial charge in [-0.2, -0.15) is 0 Å². The van der Waals surface area contributed by atoms with Crippen molar-refractivity contribution in [3.63, 3.8) is 0 Å². The molecule has 2 aromatic rings. The molecule has 0 saturated carbocycles. The maximum atomic E-state index is 13.0. The molecule has 3 rings (SSSR count). The number of hydrogen-bond acceptors (Lipinski definition) is 4. The number of Topliss-reactive ketones (excluding diaryl/α,β-unsaturated/α-hetero) is 1. The van der Waals surface area contributed by atoms with Crippen molar-refractivity contribution in [3.8, 4) is 5.75 Å². The van der Waals surface area contributed by atoms with E-state index in [9.17, 15) is 9.59 Å². The number of benzene rings is 2. The van der Waals surface area contributed by atoms with Gasteiger partial charge in [0.2, 0.25) is 0 Å². The Hall–Kier alpha value is -2.27. The Labute approximate surface area is 145 Å². The summed E-state index contributed by atoms with van der Waals surface area (Å²) in [6.07, 6.45) is 0.526. The van der Waals surface area contributed by atoms with Crippen LogP contribution < -0.4 is 9.64 Å². The molecule has 0 aliphatic carbocycles. The molecule has 1 aliphatic rings. The van der Waals surface area contributed by atoms with Crippen LogP contribution in [0.2, 0.25) is 0 Å². The Morgan fingerprint density at radius 3 is 2.79 bits per heavy atom. The summed E-state index contributed by atoms with van der Waals surface area (Å²) in [5.74, 6) is 1.36. The van der Waals surface area contributed by atoms with Crippen LogP contribution >= 0.6 is 11.8 Å². The molecule has 1 heterocycles. The summed E-state index contributed by atoms with van der Waals surface area (Å²) < 4.78 is 5.62. The highest BCUT2D eigenvalue weighted by Gasteiger charge is 2.25. The molecule has 0 spiro atoms. The minimum absolute atomic E-state index is 0.107. The molecular formula is C19H19NO3S. The van der Waals surface area contributed by atoms with Crippen LogP contribution in [0.15, 0.2) is 47.4 Å². The van der Waals surface area contributed by atoms with Crippen LogP contribution in [0.1, 0.15) is 34.1 Å². The minimum atomic E-state index is -0.138. The highest BCUT2D eigenvalue weighted by Crippen LogP contribution is 2.35. The summed E-state index contributed by atoms with van der Waals surface area (Å²) in [5, 5.41) is 0. The average Bonchev–Trinajstić information content (AvgIpc) is 2.61. The highest BCUT2D eigenvalue weighted by atomic mass is 32.2. The molecule has 24 heavy (non-hydrogen) atoms. The zero-order valence-electron chi connectivity index (χ0n) is 13.7. The van der Waals surface area contributed by atoms with Gasteiger partial charge < -0.3 is 9.64 Å². The molecule has 0 aromatic heterocycles. The lowest BCUT2D eigenvalue weighted by molar-refractivity contribution is 0.0983. The van der Waals surface area contributed by atoms with Crippen LogP contribution in [0.5, 0.6) is 5.75 Å². The number of amides is 1. The summed E-state index contributed by atoms with van der Waals surface area (Å²) in [7, 11) is 1.73. The van der Waals surface area contributed by atoms with Crippen molar-refractivity contribution in [2.45, 2.75) is 18.2 Å². The molecule has 0 bridgehead atoms. The first-order valence-electron chi connectivity index (χ1n) is 7.92. The molecule has 0 fully saturated rings. The minimum Gasteiger partial charge on any atom is -0.492 e. The largest absolute Gasteiger partial charge is 0.492 e. The van der Waals surface area contributed by atoms with Crippen LogP contribution in [0.4, 0.5) is 5.69 Å². The van der Waals surface area contributed by atoms with Crippen molar-refractivity contribution >= 4 is 29.1 Å². The van der Waals surface area contributed by atoms with Gasteiger partial charge in [0.25, 0.3) is 5.91 Å². The van der Waals surface area contributed by atoms with Crippen molar-refractivity contribution in [2.75, 3.05) is 24.3 Å². The number of carbonyl (C=O) groups excluding carboxylic acids is 2. The second-order valence-electron chi connectivity index (χ2n) is 5.47. The van der Waals surface area contributed by atoms with Crippen molar-refractivity contribution in [3.05, 3.63) is 53.6 Å². The van der Waals surface area contributed by atoms with Gasteiger partial charge in [0.1, 0.15) is 5.75 Å². The molecule has 1 aliphatic heterocycles. The van der Waals surface area contributed by atoms with E-state index < -0.39 is 0 Å². The van der Waals surface area contributed by atoms with Crippen molar-refractivity contribution in [1.29, 1.82) is 0 Å². The number of nitrogens with zero attached hydrogens (tertiary/aromatic N) is 1. The Balaban J connectivity index is 1.98. The van der Waals surface area contributed by atoms with Crippen LogP contribution in [0.25, 0.3) is 0 Å². The van der Waals surface area contributed by atoms with E-state index in [1.165, 1.54) is 0 Å². The molecule has 0 N–H and O–H groups in total. The van der Waals surface area contributed by atoms with E-state index in [1.54, 1.807) is 41.9 Å².